The molecular formula is C10H22N2O2. The van der Waals surface area contributed by atoms with E-state index in [-0.39, 0.29) is 12.5 Å². The SMILES string of the molecule is CCNC(=O)CNCC(CC)CCO. The number of carbonyl (C=O) groups excluding carboxylic acids is 1. The number of aliphatic hydroxyl groups is 1. The van der Waals surface area contributed by atoms with Gasteiger partial charge in [0, 0.05) is 13.2 Å². The molecule has 0 fully saturated rings. The van der Waals surface area contributed by atoms with Gasteiger partial charge in [0.2, 0.25) is 5.91 Å². The highest BCUT2D eigenvalue weighted by Gasteiger charge is 2.05. The van der Waals surface area contributed by atoms with Crippen LogP contribution in [0.25, 0.3) is 0 Å². The molecule has 0 saturated heterocycles. The number of carbonyl (C=O) groups is 1. The van der Waals surface area contributed by atoms with Crippen LogP contribution in [0.1, 0.15) is 26.7 Å². The van der Waals surface area contributed by atoms with Gasteiger partial charge in [-0.2, -0.15) is 0 Å². The molecule has 3 N–H and O–H groups in total. The van der Waals surface area contributed by atoms with Gasteiger partial charge in [0.05, 0.1) is 6.54 Å². The Morgan fingerprint density at radius 2 is 2.14 bits per heavy atom. The number of rotatable bonds is 8. The van der Waals surface area contributed by atoms with Gasteiger partial charge in [-0.15, -0.1) is 0 Å². The molecular weight excluding hydrogens is 180 g/mol. The molecule has 1 atom stereocenters. The molecule has 84 valence electrons. The van der Waals surface area contributed by atoms with E-state index in [0.29, 0.717) is 19.0 Å². The van der Waals surface area contributed by atoms with E-state index >= 15 is 0 Å². The second-order valence-electron chi connectivity index (χ2n) is 3.37. The fourth-order valence-electron chi connectivity index (χ4n) is 1.28. The molecule has 0 aromatic rings. The van der Waals surface area contributed by atoms with Crippen LogP contribution in [0.4, 0.5) is 0 Å². The normalized spacial score (nSPS) is 12.5. The van der Waals surface area contributed by atoms with Gasteiger partial charge in [-0.3, -0.25) is 4.79 Å². The summed E-state index contributed by atoms with van der Waals surface area (Å²) in [6.07, 6.45) is 1.84. The predicted molar refractivity (Wildman–Crippen MR) is 57.0 cm³/mol. The Hall–Kier alpha value is -0.610. The Morgan fingerprint density at radius 3 is 2.64 bits per heavy atom. The number of likely N-dealkylation sites (N-methyl/N-ethyl adjacent to an activating group) is 1. The van der Waals surface area contributed by atoms with Crippen LogP contribution in [0.3, 0.4) is 0 Å². The van der Waals surface area contributed by atoms with Crippen molar-refractivity contribution in [2.45, 2.75) is 26.7 Å². The summed E-state index contributed by atoms with van der Waals surface area (Å²) in [5, 5.41) is 14.6. The maximum atomic E-state index is 11.0. The zero-order valence-electron chi connectivity index (χ0n) is 9.18. The van der Waals surface area contributed by atoms with Gasteiger partial charge in [-0.05, 0) is 25.8 Å². The summed E-state index contributed by atoms with van der Waals surface area (Å²) in [6, 6.07) is 0. The van der Waals surface area contributed by atoms with Crippen LogP contribution in [-0.4, -0.2) is 37.3 Å². The molecule has 0 aromatic heterocycles. The molecule has 0 heterocycles. The van der Waals surface area contributed by atoms with Crippen LogP contribution < -0.4 is 10.6 Å². The Kier molecular flexibility index (Phi) is 8.57. The summed E-state index contributed by atoms with van der Waals surface area (Å²) in [7, 11) is 0. The fourth-order valence-corrected chi connectivity index (χ4v) is 1.28. The molecule has 0 radical (unpaired) electrons. The smallest absolute Gasteiger partial charge is 0.233 e. The molecule has 1 unspecified atom stereocenters. The molecule has 0 spiro atoms. The number of hydrogen-bond acceptors (Lipinski definition) is 3. The van der Waals surface area contributed by atoms with Crippen LogP contribution in [0, 0.1) is 5.92 Å². The Labute approximate surface area is 86.1 Å². The van der Waals surface area contributed by atoms with Crippen molar-refractivity contribution in [3.63, 3.8) is 0 Å². The third-order valence-electron chi connectivity index (χ3n) is 2.21. The van der Waals surface area contributed by atoms with E-state index in [1.807, 2.05) is 6.92 Å². The average molecular weight is 202 g/mol. The first-order valence-corrected chi connectivity index (χ1v) is 5.32. The number of amides is 1. The molecule has 1 amide bonds. The lowest BCUT2D eigenvalue weighted by Gasteiger charge is -2.13. The largest absolute Gasteiger partial charge is 0.396 e. The maximum Gasteiger partial charge on any atom is 0.233 e. The minimum Gasteiger partial charge on any atom is -0.396 e. The fraction of sp³-hybridized carbons (Fsp3) is 0.900. The van der Waals surface area contributed by atoms with Crippen molar-refractivity contribution in [2.24, 2.45) is 5.92 Å². The zero-order valence-corrected chi connectivity index (χ0v) is 9.18. The van der Waals surface area contributed by atoms with Crippen LogP contribution in [0.2, 0.25) is 0 Å². The first kappa shape index (κ1) is 13.4. The van der Waals surface area contributed by atoms with Crippen molar-refractivity contribution in [2.75, 3.05) is 26.2 Å². The van der Waals surface area contributed by atoms with Gasteiger partial charge < -0.3 is 15.7 Å². The topological polar surface area (TPSA) is 61.4 Å². The second kappa shape index (κ2) is 8.97. The van der Waals surface area contributed by atoms with E-state index in [4.69, 9.17) is 5.11 Å². The lowest BCUT2D eigenvalue weighted by molar-refractivity contribution is -0.120. The number of hydrogen-bond donors (Lipinski definition) is 3. The maximum absolute atomic E-state index is 11.0. The second-order valence-corrected chi connectivity index (χ2v) is 3.37. The van der Waals surface area contributed by atoms with Crippen LogP contribution in [-0.2, 0) is 4.79 Å². The number of aliphatic hydroxyl groups excluding tert-OH is 1. The summed E-state index contributed by atoms with van der Waals surface area (Å²) in [4.78, 5) is 11.0. The first-order valence-electron chi connectivity index (χ1n) is 5.32. The van der Waals surface area contributed by atoms with E-state index in [0.717, 1.165) is 19.4 Å². The van der Waals surface area contributed by atoms with Crippen molar-refractivity contribution in [1.82, 2.24) is 10.6 Å². The molecule has 4 heteroatoms. The van der Waals surface area contributed by atoms with Gasteiger partial charge in [0.1, 0.15) is 0 Å². The molecule has 0 aromatic carbocycles. The minimum absolute atomic E-state index is 0.0337. The Balaban J connectivity index is 3.45. The van der Waals surface area contributed by atoms with E-state index in [9.17, 15) is 4.79 Å². The minimum atomic E-state index is 0.0337. The van der Waals surface area contributed by atoms with Crippen LogP contribution in [0.15, 0.2) is 0 Å². The van der Waals surface area contributed by atoms with Crippen LogP contribution in [0.5, 0.6) is 0 Å². The van der Waals surface area contributed by atoms with Crippen molar-refractivity contribution < 1.29 is 9.90 Å². The Morgan fingerprint density at radius 1 is 1.43 bits per heavy atom. The van der Waals surface area contributed by atoms with E-state index in [2.05, 4.69) is 17.6 Å². The monoisotopic (exact) mass is 202 g/mol. The van der Waals surface area contributed by atoms with Gasteiger partial charge in [0.25, 0.3) is 0 Å². The molecule has 0 bridgehead atoms. The van der Waals surface area contributed by atoms with E-state index in [1.165, 1.54) is 0 Å². The van der Waals surface area contributed by atoms with E-state index in [1.54, 1.807) is 0 Å². The molecule has 14 heavy (non-hydrogen) atoms. The Bertz CT molecular complexity index is 151. The standard InChI is InChI=1S/C10H22N2O2/c1-3-9(5-6-13)7-11-8-10(14)12-4-2/h9,11,13H,3-8H2,1-2H3,(H,12,14). The molecule has 0 aliphatic heterocycles. The average Bonchev–Trinajstić information content (AvgIpc) is 2.17. The van der Waals surface area contributed by atoms with Crippen molar-refractivity contribution in [1.29, 1.82) is 0 Å². The predicted octanol–water partition coefficient (Wildman–Crippen LogP) is 0.121. The highest BCUT2D eigenvalue weighted by Crippen LogP contribution is 2.04. The third kappa shape index (κ3) is 6.86. The van der Waals surface area contributed by atoms with Gasteiger partial charge in [0.15, 0.2) is 0 Å². The van der Waals surface area contributed by atoms with Crippen LogP contribution >= 0.6 is 0 Å². The van der Waals surface area contributed by atoms with Crippen molar-refractivity contribution in [3.05, 3.63) is 0 Å². The first-order chi connectivity index (χ1) is 6.74. The molecule has 4 nitrogen and oxygen atoms in total. The molecule has 0 rings (SSSR count). The summed E-state index contributed by atoms with van der Waals surface area (Å²) < 4.78 is 0. The van der Waals surface area contributed by atoms with Crippen molar-refractivity contribution >= 4 is 5.91 Å². The zero-order chi connectivity index (χ0) is 10.8. The summed E-state index contributed by atoms with van der Waals surface area (Å²) in [6.45, 7) is 6.06. The summed E-state index contributed by atoms with van der Waals surface area (Å²) in [5.41, 5.74) is 0. The molecule has 0 aliphatic carbocycles. The summed E-state index contributed by atoms with van der Waals surface area (Å²) in [5.74, 6) is 0.501. The third-order valence-corrected chi connectivity index (χ3v) is 2.21. The van der Waals surface area contributed by atoms with Gasteiger partial charge in [-0.25, -0.2) is 0 Å². The van der Waals surface area contributed by atoms with Crippen molar-refractivity contribution in [3.8, 4) is 0 Å². The molecule has 0 saturated carbocycles. The quantitative estimate of drug-likeness (QED) is 0.524. The lowest BCUT2D eigenvalue weighted by atomic mass is 10.0. The van der Waals surface area contributed by atoms with Gasteiger partial charge in [-0.1, -0.05) is 13.3 Å². The van der Waals surface area contributed by atoms with Gasteiger partial charge >= 0.3 is 0 Å². The highest BCUT2D eigenvalue weighted by molar-refractivity contribution is 5.77. The van der Waals surface area contributed by atoms with E-state index < -0.39 is 0 Å². The number of nitrogens with one attached hydrogen (secondary N) is 2. The lowest BCUT2D eigenvalue weighted by Crippen LogP contribution is -2.35. The summed E-state index contributed by atoms with van der Waals surface area (Å²) >= 11 is 0. The molecule has 0 aliphatic rings. The highest BCUT2D eigenvalue weighted by atomic mass is 16.3.